The van der Waals surface area contributed by atoms with Crippen LogP contribution in [-0.2, 0) is 6.54 Å². The first kappa shape index (κ1) is 16.0. The number of halogens is 1. The van der Waals surface area contributed by atoms with Crippen molar-refractivity contribution in [2.75, 3.05) is 16.9 Å². The average Bonchev–Trinajstić information content (AvgIpc) is 2.48. The first-order valence-corrected chi connectivity index (χ1v) is 8.55. The van der Waals surface area contributed by atoms with Crippen molar-refractivity contribution in [3.63, 3.8) is 0 Å². The van der Waals surface area contributed by atoms with Crippen molar-refractivity contribution in [1.82, 2.24) is 0 Å². The second-order valence-electron chi connectivity index (χ2n) is 4.33. The molecule has 0 saturated heterocycles. The molecule has 0 heterocycles. The van der Waals surface area contributed by atoms with Crippen LogP contribution in [0.1, 0.15) is 5.56 Å². The molecule has 0 bridgehead atoms. The highest BCUT2D eigenvalue weighted by molar-refractivity contribution is 14.1. The normalized spacial score (nSPS) is 10.2. The summed E-state index contributed by atoms with van der Waals surface area (Å²) in [6, 6.07) is 14.0. The smallest absolute Gasteiger partial charge is 0.409 e. The highest BCUT2D eigenvalue weighted by Crippen LogP contribution is 2.23. The van der Waals surface area contributed by atoms with Gasteiger partial charge in [0.15, 0.2) is 0 Å². The van der Waals surface area contributed by atoms with Crippen molar-refractivity contribution in [3.8, 4) is 0 Å². The van der Waals surface area contributed by atoms with Crippen LogP contribution < -0.4 is 10.6 Å². The maximum atomic E-state index is 10.6. The monoisotopic (exact) mass is 414 g/mol. The summed E-state index contributed by atoms with van der Waals surface area (Å²) >= 11 is 3.84. The summed E-state index contributed by atoms with van der Waals surface area (Å²) < 4.78 is 0.859. The van der Waals surface area contributed by atoms with Gasteiger partial charge < -0.3 is 10.4 Å². The van der Waals surface area contributed by atoms with Gasteiger partial charge in [0.2, 0.25) is 0 Å². The first-order chi connectivity index (χ1) is 10.1. The Morgan fingerprint density at radius 1 is 1.24 bits per heavy atom. The summed E-state index contributed by atoms with van der Waals surface area (Å²) in [6.45, 7) is 0.733. The number of carbonyl (C=O) groups is 1. The molecule has 6 heteroatoms. The maximum absolute atomic E-state index is 10.6. The van der Waals surface area contributed by atoms with Crippen molar-refractivity contribution in [2.45, 2.75) is 11.4 Å². The predicted molar refractivity (Wildman–Crippen MR) is 96.4 cm³/mol. The van der Waals surface area contributed by atoms with Crippen LogP contribution in [0.4, 0.5) is 16.2 Å². The lowest BCUT2D eigenvalue weighted by atomic mass is 10.2. The third-order valence-corrected chi connectivity index (χ3v) is 4.50. The molecule has 4 nitrogen and oxygen atoms in total. The number of hydrogen-bond donors (Lipinski definition) is 3. The Morgan fingerprint density at radius 2 is 1.95 bits per heavy atom. The first-order valence-electron chi connectivity index (χ1n) is 6.25. The van der Waals surface area contributed by atoms with Crippen molar-refractivity contribution in [2.24, 2.45) is 0 Å². The van der Waals surface area contributed by atoms with Gasteiger partial charge in [-0.1, -0.05) is 12.1 Å². The van der Waals surface area contributed by atoms with Crippen LogP contribution >= 0.6 is 34.4 Å². The summed E-state index contributed by atoms with van der Waals surface area (Å²) in [6.07, 6.45) is 1.00. The van der Waals surface area contributed by atoms with Gasteiger partial charge in [-0.3, -0.25) is 5.32 Å². The Labute approximate surface area is 141 Å². The van der Waals surface area contributed by atoms with Gasteiger partial charge in [0.05, 0.1) is 5.69 Å². The molecule has 2 rings (SSSR count). The molecule has 110 valence electrons. The standard InChI is InChI=1S/C15H15IN2O2S/c1-21-12-5-2-10(3-6-12)9-17-11-4-7-14(13(16)8-11)18-15(19)20/h2-8,17-18H,9H2,1H3,(H,19,20). The fraction of sp³-hybridized carbons (Fsp3) is 0.133. The second-order valence-corrected chi connectivity index (χ2v) is 6.37. The molecule has 0 fully saturated rings. The number of nitrogens with one attached hydrogen (secondary N) is 2. The fourth-order valence-electron chi connectivity index (χ4n) is 1.79. The van der Waals surface area contributed by atoms with Crippen LogP contribution in [0.15, 0.2) is 47.4 Å². The van der Waals surface area contributed by atoms with E-state index in [-0.39, 0.29) is 0 Å². The molecule has 0 aromatic heterocycles. The van der Waals surface area contributed by atoms with Crippen molar-refractivity contribution < 1.29 is 9.90 Å². The summed E-state index contributed by atoms with van der Waals surface area (Å²) in [7, 11) is 0. The molecule has 2 aromatic carbocycles. The summed E-state index contributed by atoms with van der Waals surface area (Å²) in [5.74, 6) is 0. The summed E-state index contributed by atoms with van der Waals surface area (Å²) in [4.78, 5) is 11.9. The topological polar surface area (TPSA) is 61.4 Å². The SMILES string of the molecule is CSc1ccc(CNc2ccc(NC(=O)O)c(I)c2)cc1. The lowest BCUT2D eigenvalue weighted by molar-refractivity contribution is 0.209. The third-order valence-electron chi connectivity index (χ3n) is 2.87. The molecule has 0 aliphatic heterocycles. The highest BCUT2D eigenvalue weighted by atomic mass is 127. The van der Waals surface area contributed by atoms with Crippen LogP contribution in [-0.4, -0.2) is 17.5 Å². The van der Waals surface area contributed by atoms with E-state index in [4.69, 9.17) is 5.11 Å². The average molecular weight is 414 g/mol. The molecule has 0 radical (unpaired) electrons. The van der Waals surface area contributed by atoms with Gasteiger partial charge >= 0.3 is 6.09 Å². The molecule has 0 spiro atoms. The summed E-state index contributed by atoms with van der Waals surface area (Å²) in [5.41, 5.74) is 2.76. The van der Waals surface area contributed by atoms with Crippen LogP contribution in [0, 0.1) is 3.57 Å². The van der Waals surface area contributed by atoms with Gasteiger partial charge in [0, 0.05) is 20.7 Å². The quantitative estimate of drug-likeness (QED) is 0.490. The maximum Gasteiger partial charge on any atom is 0.409 e. The van der Waals surface area contributed by atoms with Crippen molar-refractivity contribution in [3.05, 3.63) is 51.6 Å². The third kappa shape index (κ3) is 4.82. The number of anilines is 2. The lowest BCUT2D eigenvalue weighted by Gasteiger charge is -2.10. The molecule has 2 aromatic rings. The largest absolute Gasteiger partial charge is 0.465 e. The van der Waals surface area contributed by atoms with E-state index in [0.717, 1.165) is 15.8 Å². The van der Waals surface area contributed by atoms with E-state index < -0.39 is 6.09 Å². The Bertz CT molecular complexity index is 632. The van der Waals surface area contributed by atoms with E-state index in [9.17, 15) is 4.79 Å². The molecule has 0 saturated carbocycles. The van der Waals surface area contributed by atoms with Gasteiger partial charge in [-0.2, -0.15) is 0 Å². The number of carboxylic acid groups (broad SMARTS) is 1. The van der Waals surface area contributed by atoms with Gasteiger partial charge in [-0.05, 0) is 64.7 Å². The lowest BCUT2D eigenvalue weighted by Crippen LogP contribution is -2.08. The fourth-order valence-corrected chi connectivity index (χ4v) is 2.85. The zero-order valence-electron chi connectivity index (χ0n) is 11.4. The Hall–Kier alpha value is -1.41. The molecular weight excluding hydrogens is 399 g/mol. The van der Waals surface area contributed by atoms with Gasteiger partial charge in [0.1, 0.15) is 0 Å². The van der Waals surface area contributed by atoms with E-state index in [1.165, 1.54) is 10.5 Å². The second kappa shape index (κ2) is 7.56. The molecule has 0 aliphatic carbocycles. The number of benzene rings is 2. The molecule has 3 N–H and O–H groups in total. The minimum Gasteiger partial charge on any atom is -0.465 e. The Morgan fingerprint density at radius 3 is 2.52 bits per heavy atom. The Balaban J connectivity index is 1.99. The zero-order valence-corrected chi connectivity index (χ0v) is 14.4. The van der Waals surface area contributed by atoms with Gasteiger partial charge in [-0.15, -0.1) is 11.8 Å². The molecular formula is C15H15IN2O2S. The molecule has 0 atom stereocenters. The number of amides is 1. The van der Waals surface area contributed by atoms with Crippen LogP contribution in [0.2, 0.25) is 0 Å². The van der Waals surface area contributed by atoms with E-state index in [0.29, 0.717) is 5.69 Å². The highest BCUT2D eigenvalue weighted by Gasteiger charge is 2.04. The van der Waals surface area contributed by atoms with Crippen LogP contribution in [0.25, 0.3) is 0 Å². The van der Waals surface area contributed by atoms with Crippen LogP contribution in [0.3, 0.4) is 0 Å². The number of rotatable bonds is 5. The number of thioether (sulfide) groups is 1. The van der Waals surface area contributed by atoms with E-state index >= 15 is 0 Å². The number of hydrogen-bond acceptors (Lipinski definition) is 3. The minimum atomic E-state index is -1.05. The molecule has 1 amide bonds. The van der Waals surface area contributed by atoms with Crippen LogP contribution in [0.5, 0.6) is 0 Å². The Kier molecular flexibility index (Phi) is 5.75. The van der Waals surface area contributed by atoms with E-state index in [2.05, 4.69) is 63.7 Å². The van der Waals surface area contributed by atoms with Gasteiger partial charge in [-0.25, -0.2) is 4.79 Å². The van der Waals surface area contributed by atoms with E-state index in [1.807, 2.05) is 12.1 Å². The zero-order chi connectivity index (χ0) is 15.2. The molecule has 0 aliphatic rings. The van der Waals surface area contributed by atoms with Crippen molar-refractivity contribution in [1.29, 1.82) is 0 Å². The molecule has 21 heavy (non-hydrogen) atoms. The summed E-state index contributed by atoms with van der Waals surface area (Å²) in [5, 5.41) is 14.4. The van der Waals surface area contributed by atoms with E-state index in [1.54, 1.807) is 17.8 Å². The predicted octanol–water partition coefficient (Wildman–Crippen LogP) is 4.72. The van der Waals surface area contributed by atoms with Gasteiger partial charge in [0.25, 0.3) is 0 Å². The minimum absolute atomic E-state index is 0.595. The van der Waals surface area contributed by atoms with Crippen molar-refractivity contribution >= 4 is 51.8 Å². The molecule has 0 unspecified atom stereocenters.